The minimum absolute atomic E-state index is 0.112. The number of aliphatic hydroxyl groups excluding tert-OH is 1. The van der Waals surface area contributed by atoms with Crippen LogP contribution in [0.1, 0.15) is 12.8 Å². The van der Waals surface area contributed by atoms with Crippen molar-refractivity contribution in [1.29, 1.82) is 0 Å². The standard InChI is InChI=1S/C11H13N5O3/c17-8-2-1-4-14(7-8)10-3-5-15-11(13-10)9(6-12-15)16(18)19/h3,5-6,8,17H,1-2,4,7H2/t8-/m1/s1. The Balaban J connectivity index is 2.00. The van der Waals surface area contributed by atoms with Gasteiger partial charge in [-0.2, -0.15) is 5.10 Å². The zero-order valence-corrected chi connectivity index (χ0v) is 10.1. The molecule has 3 heterocycles. The van der Waals surface area contributed by atoms with Gasteiger partial charge in [-0.05, 0) is 18.9 Å². The second-order valence-electron chi connectivity index (χ2n) is 4.58. The van der Waals surface area contributed by atoms with Crippen LogP contribution < -0.4 is 4.90 Å². The molecule has 0 spiro atoms. The second-order valence-corrected chi connectivity index (χ2v) is 4.58. The number of aromatic nitrogens is 3. The Morgan fingerprint density at radius 2 is 2.37 bits per heavy atom. The fraction of sp³-hybridized carbons (Fsp3) is 0.455. The number of hydrogen-bond acceptors (Lipinski definition) is 6. The first-order chi connectivity index (χ1) is 9.15. The molecule has 8 nitrogen and oxygen atoms in total. The fourth-order valence-electron chi connectivity index (χ4n) is 2.32. The smallest absolute Gasteiger partial charge is 0.333 e. The third-order valence-corrected chi connectivity index (χ3v) is 3.25. The van der Waals surface area contributed by atoms with Crippen LogP contribution >= 0.6 is 0 Å². The van der Waals surface area contributed by atoms with E-state index in [1.165, 1.54) is 10.7 Å². The lowest BCUT2D eigenvalue weighted by Crippen LogP contribution is -2.38. The van der Waals surface area contributed by atoms with E-state index in [1.807, 2.05) is 4.90 Å². The predicted molar refractivity (Wildman–Crippen MR) is 67.1 cm³/mol. The minimum atomic E-state index is -0.496. The topological polar surface area (TPSA) is 96.8 Å². The van der Waals surface area contributed by atoms with Crippen molar-refractivity contribution >= 4 is 17.2 Å². The molecule has 2 aromatic rings. The number of piperidine rings is 1. The lowest BCUT2D eigenvalue weighted by Gasteiger charge is -2.30. The molecule has 0 saturated carbocycles. The Morgan fingerprint density at radius 1 is 1.53 bits per heavy atom. The molecule has 0 bridgehead atoms. The van der Waals surface area contributed by atoms with Gasteiger partial charge in [0.2, 0.25) is 5.65 Å². The van der Waals surface area contributed by atoms with Crippen LogP contribution in [0.2, 0.25) is 0 Å². The summed E-state index contributed by atoms with van der Waals surface area (Å²) in [5, 5.41) is 24.4. The van der Waals surface area contributed by atoms with E-state index in [1.54, 1.807) is 12.3 Å². The molecule has 1 saturated heterocycles. The first-order valence-electron chi connectivity index (χ1n) is 6.07. The Labute approximate surface area is 108 Å². The summed E-state index contributed by atoms with van der Waals surface area (Å²) < 4.78 is 1.38. The van der Waals surface area contributed by atoms with Gasteiger partial charge in [-0.1, -0.05) is 0 Å². The van der Waals surface area contributed by atoms with E-state index in [4.69, 9.17) is 0 Å². The lowest BCUT2D eigenvalue weighted by molar-refractivity contribution is -0.383. The normalized spacial score (nSPS) is 19.8. The molecule has 100 valence electrons. The maximum Gasteiger partial charge on any atom is 0.333 e. The third kappa shape index (κ3) is 2.10. The molecule has 0 radical (unpaired) electrons. The summed E-state index contributed by atoms with van der Waals surface area (Å²) in [6.07, 6.45) is 4.13. The van der Waals surface area contributed by atoms with Gasteiger partial charge in [0.15, 0.2) is 0 Å². The Bertz CT molecular complexity index is 626. The van der Waals surface area contributed by atoms with Crippen molar-refractivity contribution < 1.29 is 10.0 Å². The molecule has 1 N–H and O–H groups in total. The molecule has 0 aliphatic carbocycles. The zero-order chi connectivity index (χ0) is 13.4. The predicted octanol–water partition coefficient (Wildman–Crippen LogP) is 0.599. The van der Waals surface area contributed by atoms with Crippen LogP contribution in [0.15, 0.2) is 18.5 Å². The molecule has 19 heavy (non-hydrogen) atoms. The van der Waals surface area contributed by atoms with Gasteiger partial charge in [0.1, 0.15) is 12.0 Å². The maximum absolute atomic E-state index is 10.9. The highest BCUT2D eigenvalue weighted by Crippen LogP contribution is 2.22. The maximum atomic E-state index is 10.9. The summed E-state index contributed by atoms with van der Waals surface area (Å²) in [5.41, 5.74) is 0.113. The summed E-state index contributed by atoms with van der Waals surface area (Å²) in [5.74, 6) is 0.634. The molecule has 0 unspecified atom stereocenters. The van der Waals surface area contributed by atoms with Crippen molar-refractivity contribution in [2.75, 3.05) is 18.0 Å². The second kappa shape index (κ2) is 4.47. The van der Waals surface area contributed by atoms with Crippen LogP contribution in [0.3, 0.4) is 0 Å². The quantitative estimate of drug-likeness (QED) is 0.629. The Hall–Kier alpha value is -2.22. The van der Waals surface area contributed by atoms with Gasteiger partial charge < -0.3 is 10.0 Å². The van der Waals surface area contributed by atoms with Crippen molar-refractivity contribution in [2.45, 2.75) is 18.9 Å². The molecule has 1 aliphatic rings. The number of anilines is 1. The number of nitro groups is 1. The molecular weight excluding hydrogens is 250 g/mol. The fourth-order valence-corrected chi connectivity index (χ4v) is 2.32. The van der Waals surface area contributed by atoms with E-state index in [2.05, 4.69) is 10.1 Å². The summed E-state index contributed by atoms with van der Waals surface area (Å²) >= 11 is 0. The average molecular weight is 263 g/mol. The Morgan fingerprint density at radius 3 is 3.11 bits per heavy atom. The molecule has 3 rings (SSSR count). The summed E-state index contributed by atoms with van der Waals surface area (Å²) in [6.45, 7) is 1.30. The van der Waals surface area contributed by atoms with Crippen molar-refractivity contribution in [3.8, 4) is 0 Å². The van der Waals surface area contributed by atoms with Gasteiger partial charge >= 0.3 is 5.69 Å². The van der Waals surface area contributed by atoms with Gasteiger partial charge in [0.05, 0.1) is 11.0 Å². The van der Waals surface area contributed by atoms with Crippen molar-refractivity contribution in [3.05, 3.63) is 28.6 Å². The SMILES string of the molecule is O=[N+]([O-])c1cnn2ccc(N3CCC[C@@H](O)C3)nc12. The molecule has 8 heteroatoms. The molecular formula is C11H13N5O3. The Kier molecular flexibility index (Phi) is 2.79. The highest BCUT2D eigenvalue weighted by molar-refractivity contribution is 5.61. The van der Waals surface area contributed by atoms with E-state index in [0.29, 0.717) is 12.4 Å². The van der Waals surface area contributed by atoms with E-state index >= 15 is 0 Å². The van der Waals surface area contributed by atoms with Crippen molar-refractivity contribution in [2.24, 2.45) is 0 Å². The van der Waals surface area contributed by atoms with Crippen LogP contribution in [0, 0.1) is 10.1 Å². The van der Waals surface area contributed by atoms with Crippen molar-refractivity contribution in [1.82, 2.24) is 14.6 Å². The summed E-state index contributed by atoms with van der Waals surface area (Å²) in [6, 6.07) is 1.75. The lowest BCUT2D eigenvalue weighted by atomic mass is 10.1. The van der Waals surface area contributed by atoms with Crippen LogP contribution in [-0.2, 0) is 0 Å². The summed E-state index contributed by atoms with van der Waals surface area (Å²) in [4.78, 5) is 16.6. The number of nitrogens with zero attached hydrogens (tertiary/aromatic N) is 5. The molecule has 1 fully saturated rings. The van der Waals surface area contributed by atoms with Gasteiger partial charge in [-0.25, -0.2) is 9.50 Å². The van der Waals surface area contributed by atoms with E-state index < -0.39 is 4.92 Å². The van der Waals surface area contributed by atoms with Crippen LogP contribution in [0.25, 0.3) is 5.65 Å². The molecule has 1 aliphatic heterocycles. The number of hydrogen-bond donors (Lipinski definition) is 1. The molecule has 0 aromatic carbocycles. The highest BCUT2D eigenvalue weighted by Gasteiger charge is 2.21. The molecule has 1 atom stereocenters. The number of fused-ring (bicyclic) bond motifs is 1. The van der Waals surface area contributed by atoms with E-state index in [-0.39, 0.29) is 17.4 Å². The van der Waals surface area contributed by atoms with Crippen LogP contribution in [0.5, 0.6) is 0 Å². The van der Waals surface area contributed by atoms with Gasteiger partial charge in [0.25, 0.3) is 0 Å². The van der Waals surface area contributed by atoms with Crippen LogP contribution in [-0.4, -0.2) is 43.8 Å². The van der Waals surface area contributed by atoms with Gasteiger partial charge in [-0.3, -0.25) is 10.1 Å². The van der Waals surface area contributed by atoms with Gasteiger partial charge in [0, 0.05) is 19.3 Å². The van der Waals surface area contributed by atoms with Gasteiger partial charge in [-0.15, -0.1) is 0 Å². The first-order valence-corrected chi connectivity index (χ1v) is 6.07. The number of rotatable bonds is 2. The number of β-amino-alcohol motifs (C(OH)–C–C–N with tert-alkyl or cyclic N) is 1. The van der Waals surface area contributed by atoms with E-state index in [9.17, 15) is 15.2 Å². The van der Waals surface area contributed by atoms with Crippen molar-refractivity contribution in [3.63, 3.8) is 0 Å². The van der Waals surface area contributed by atoms with E-state index in [0.717, 1.165) is 19.4 Å². The molecule has 2 aromatic heterocycles. The van der Waals surface area contributed by atoms with Crippen LogP contribution in [0.4, 0.5) is 11.5 Å². The zero-order valence-electron chi connectivity index (χ0n) is 10.1. The largest absolute Gasteiger partial charge is 0.391 e. The average Bonchev–Trinajstić information content (AvgIpc) is 2.81. The number of aliphatic hydroxyl groups is 1. The minimum Gasteiger partial charge on any atom is -0.391 e. The monoisotopic (exact) mass is 263 g/mol. The third-order valence-electron chi connectivity index (χ3n) is 3.25. The summed E-state index contributed by atoms with van der Waals surface area (Å²) in [7, 11) is 0. The first kappa shape index (κ1) is 11.8. The molecule has 0 amide bonds. The highest BCUT2D eigenvalue weighted by atomic mass is 16.6.